The van der Waals surface area contributed by atoms with E-state index in [2.05, 4.69) is 170 Å². The molecule has 3 heteroatoms. The lowest BCUT2D eigenvalue weighted by atomic mass is 10.0. The molecule has 0 aliphatic carbocycles. The third-order valence-corrected chi connectivity index (χ3v) is 10.0. The smallest absolute Gasteiger partial charge is 0.159 e. The standard InChI is InChI=1S/C39H33NOSi/c1-42(2,3)37-19-11-17-35-34-16-10-18-36(38(34)41-39(35)37)40(32-24-20-30(21-25-32)28-12-6-4-7-13-28)33-26-22-31(23-27-33)29-14-8-5-9-15-29/h4-27H,1-3H3. The summed E-state index contributed by atoms with van der Waals surface area (Å²) in [6, 6.07) is 51.9. The van der Waals surface area contributed by atoms with Crippen molar-refractivity contribution in [2.24, 2.45) is 0 Å². The number of benzene rings is 6. The number of para-hydroxylation sites is 2. The highest BCUT2D eigenvalue weighted by Crippen LogP contribution is 2.42. The first-order chi connectivity index (χ1) is 20.5. The molecular formula is C39H33NOSi. The molecule has 0 aliphatic heterocycles. The maximum atomic E-state index is 6.84. The molecule has 0 saturated carbocycles. The number of anilines is 3. The molecule has 0 atom stereocenters. The fourth-order valence-electron chi connectivity index (χ4n) is 5.87. The van der Waals surface area contributed by atoms with E-state index >= 15 is 0 Å². The van der Waals surface area contributed by atoms with Gasteiger partial charge in [0.15, 0.2) is 5.58 Å². The fraction of sp³-hybridized carbons (Fsp3) is 0.0769. The molecule has 2 nitrogen and oxygen atoms in total. The molecule has 42 heavy (non-hydrogen) atoms. The topological polar surface area (TPSA) is 16.4 Å². The average molecular weight is 560 g/mol. The number of hydrogen-bond donors (Lipinski definition) is 0. The van der Waals surface area contributed by atoms with E-state index in [0.29, 0.717) is 0 Å². The predicted molar refractivity (Wildman–Crippen MR) is 182 cm³/mol. The van der Waals surface area contributed by atoms with Crippen LogP contribution in [-0.2, 0) is 0 Å². The number of hydrogen-bond acceptors (Lipinski definition) is 2. The Bertz CT molecular complexity index is 1900. The molecule has 1 heterocycles. The molecule has 0 fully saturated rings. The van der Waals surface area contributed by atoms with E-state index < -0.39 is 8.07 Å². The predicted octanol–water partition coefficient (Wildman–Crippen LogP) is 10.9. The summed E-state index contributed by atoms with van der Waals surface area (Å²) >= 11 is 0. The van der Waals surface area contributed by atoms with Crippen LogP contribution in [0.15, 0.2) is 150 Å². The lowest BCUT2D eigenvalue weighted by molar-refractivity contribution is 0.671. The summed E-state index contributed by atoms with van der Waals surface area (Å²) in [6.45, 7) is 7.14. The second-order valence-electron chi connectivity index (χ2n) is 11.8. The molecule has 0 N–H and O–H groups in total. The Balaban J connectivity index is 1.41. The second kappa shape index (κ2) is 10.5. The van der Waals surface area contributed by atoms with E-state index in [9.17, 15) is 0 Å². The first-order valence-corrected chi connectivity index (χ1v) is 18.0. The second-order valence-corrected chi connectivity index (χ2v) is 16.9. The molecule has 0 bridgehead atoms. The van der Waals surface area contributed by atoms with Gasteiger partial charge in [0.1, 0.15) is 5.58 Å². The molecule has 0 spiro atoms. The van der Waals surface area contributed by atoms with Crippen molar-refractivity contribution in [2.45, 2.75) is 19.6 Å². The lowest BCUT2D eigenvalue weighted by Gasteiger charge is -2.26. The highest BCUT2D eigenvalue weighted by atomic mass is 28.3. The van der Waals surface area contributed by atoms with Gasteiger partial charge in [-0.3, -0.25) is 0 Å². The Morgan fingerprint density at radius 2 is 0.881 bits per heavy atom. The highest BCUT2D eigenvalue weighted by molar-refractivity contribution is 6.90. The molecule has 0 aliphatic rings. The van der Waals surface area contributed by atoms with E-state index in [1.54, 1.807) is 0 Å². The average Bonchev–Trinajstić information content (AvgIpc) is 3.42. The van der Waals surface area contributed by atoms with Crippen LogP contribution in [0.25, 0.3) is 44.2 Å². The molecule has 6 aromatic carbocycles. The SMILES string of the molecule is C[Si](C)(C)c1cccc2c1oc1c(N(c3ccc(-c4ccccc4)cc3)c3ccc(-c4ccccc4)cc3)cccc12. The third kappa shape index (κ3) is 4.72. The summed E-state index contributed by atoms with van der Waals surface area (Å²) in [7, 11) is -1.62. The number of nitrogens with zero attached hydrogens (tertiary/aromatic N) is 1. The van der Waals surface area contributed by atoms with Gasteiger partial charge in [0.25, 0.3) is 0 Å². The lowest BCUT2D eigenvalue weighted by Crippen LogP contribution is -2.37. The van der Waals surface area contributed by atoms with Crippen LogP contribution in [0.3, 0.4) is 0 Å². The van der Waals surface area contributed by atoms with Crippen molar-refractivity contribution in [2.75, 3.05) is 4.90 Å². The van der Waals surface area contributed by atoms with Crippen LogP contribution in [-0.4, -0.2) is 8.07 Å². The van der Waals surface area contributed by atoms with Crippen molar-refractivity contribution in [3.63, 3.8) is 0 Å². The molecule has 204 valence electrons. The zero-order valence-corrected chi connectivity index (χ0v) is 25.2. The summed E-state index contributed by atoms with van der Waals surface area (Å²) in [6.07, 6.45) is 0. The van der Waals surface area contributed by atoms with Crippen LogP contribution in [0.5, 0.6) is 0 Å². The normalized spacial score (nSPS) is 11.7. The van der Waals surface area contributed by atoms with Crippen LogP contribution >= 0.6 is 0 Å². The molecule has 1 aromatic heterocycles. The van der Waals surface area contributed by atoms with Crippen molar-refractivity contribution >= 4 is 52.3 Å². The fourth-order valence-corrected chi connectivity index (χ4v) is 7.33. The summed E-state index contributed by atoms with van der Waals surface area (Å²) in [5.41, 5.74) is 9.95. The van der Waals surface area contributed by atoms with Crippen molar-refractivity contribution in [1.82, 2.24) is 0 Å². The Labute approximate surface area is 248 Å². The Hall–Kier alpha value is -4.86. The molecule has 0 amide bonds. The van der Waals surface area contributed by atoms with E-state index in [-0.39, 0.29) is 0 Å². The quantitative estimate of drug-likeness (QED) is 0.188. The maximum Gasteiger partial charge on any atom is 0.159 e. The first-order valence-electron chi connectivity index (χ1n) is 14.5. The van der Waals surface area contributed by atoms with Gasteiger partial charge in [-0.05, 0) is 57.8 Å². The summed E-state index contributed by atoms with van der Waals surface area (Å²) in [4.78, 5) is 2.32. The maximum absolute atomic E-state index is 6.84. The van der Waals surface area contributed by atoms with Crippen LogP contribution in [0.4, 0.5) is 17.1 Å². The molecule has 0 radical (unpaired) electrons. The highest BCUT2D eigenvalue weighted by Gasteiger charge is 2.24. The van der Waals surface area contributed by atoms with Crippen molar-refractivity contribution in [1.29, 1.82) is 0 Å². The van der Waals surface area contributed by atoms with Crippen molar-refractivity contribution < 1.29 is 4.42 Å². The number of furan rings is 1. The summed E-state index contributed by atoms with van der Waals surface area (Å²) in [5.74, 6) is 0. The summed E-state index contributed by atoms with van der Waals surface area (Å²) in [5, 5.41) is 3.69. The van der Waals surface area contributed by atoms with E-state index in [1.807, 2.05) is 0 Å². The molecule has 7 aromatic rings. The third-order valence-electron chi connectivity index (χ3n) is 8.02. The van der Waals surface area contributed by atoms with Crippen LogP contribution in [0.1, 0.15) is 0 Å². The zero-order chi connectivity index (χ0) is 28.7. The van der Waals surface area contributed by atoms with Gasteiger partial charge in [-0.1, -0.05) is 135 Å². The van der Waals surface area contributed by atoms with Gasteiger partial charge in [0, 0.05) is 22.1 Å². The molecule has 0 unspecified atom stereocenters. The van der Waals surface area contributed by atoms with Gasteiger partial charge >= 0.3 is 0 Å². The van der Waals surface area contributed by atoms with Gasteiger partial charge in [-0.15, -0.1) is 0 Å². The van der Waals surface area contributed by atoms with Crippen LogP contribution < -0.4 is 10.1 Å². The van der Waals surface area contributed by atoms with Crippen LogP contribution in [0.2, 0.25) is 19.6 Å². The van der Waals surface area contributed by atoms with Crippen molar-refractivity contribution in [3.05, 3.63) is 146 Å². The monoisotopic (exact) mass is 559 g/mol. The largest absolute Gasteiger partial charge is 0.454 e. The van der Waals surface area contributed by atoms with E-state index in [0.717, 1.165) is 33.6 Å². The first kappa shape index (κ1) is 26.1. The van der Waals surface area contributed by atoms with E-state index in [4.69, 9.17) is 4.42 Å². The Morgan fingerprint density at radius 3 is 1.38 bits per heavy atom. The van der Waals surface area contributed by atoms with E-state index in [1.165, 1.54) is 32.8 Å². The minimum atomic E-state index is -1.62. The minimum Gasteiger partial charge on any atom is -0.454 e. The van der Waals surface area contributed by atoms with Gasteiger partial charge < -0.3 is 9.32 Å². The zero-order valence-electron chi connectivity index (χ0n) is 24.2. The molecular weight excluding hydrogens is 527 g/mol. The Kier molecular flexibility index (Phi) is 6.53. The van der Waals surface area contributed by atoms with Crippen molar-refractivity contribution in [3.8, 4) is 22.3 Å². The number of rotatable bonds is 6. The minimum absolute atomic E-state index is 0.914. The number of fused-ring (bicyclic) bond motifs is 3. The van der Waals surface area contributed by atoms with Gasteiger partial charge in [-0.2, -0.15) is 0 Å². The molecule has 0 saturated heterocycles. The van der Waals surface area contributed by atoms with Crippen LogP contribution in [0, 0.1) is 0 Å². The van der Waals surface area contributed by atoms with Gasteiger partial charge in [-0.25, -0.2) is 0 Å². The van der Waals surface area contributed by atoms with Gasteiger partial charge in [0.05, 0.1) is 13.8 Å². The molecule has 7 rings (SSSR count). The summed E-state index contributed by atoms with van der Waals surface area (Å²) < 4.78 is 6.84. The Morgan fingerprint density at radius 1 is 0.429 bits per heavy atom. The van der Waals surface area contributed by atoms with Gasteiger partial charge in [0.2, 0.25) is 0 Å².